The SMILES string of the molecule is Cc1cc(Br)ccc1N1CC(C)(C)N(C)CC1CC#N. The molecule has 1 aliphatic heterocycles. The Labute approximate surface area is 130 Å². The lowest BCUT2D eigenvalue weighted by Crippen LogP contribution is -2.62. The molecule has 1 aliphatic rings. The normalized spacial score (nSPS) is 22.6. The molecule has 0 saturated carbocycles. The van der Waals surface area contributed by atoms with Crippen LogP contribution in [0.2, 0.25) is 0 Å². The first-order chi connectivity index (χ1) is 9.35. The quantitative estimate of drug-likeness (QED) is 0.827. The maximum Gasteiger partial charge on any atom is 0.0643 e. The van der Waals surface area contributed by atoms with Crippen LogP contribution in [0.15, 0.2) is 22.7 Å². The highest BCUT2D eigenvalue weighted by Crippen LogP contribution is 2.32. The zero-order valence-electron chi connectivity index (χ0n) is 12.7. The molecule has 0 amide bonds. The smallest absolute Gasteiger partial charge is 0.0643 e. The van der Waals surface area contributed by atoms with Crippen LogP contribution in [0.5, 0.6) is 0 Å². The van der Waals surface area contributed by atoms with Gasteiger partial charge in [0.25, 0.3) is 0 Å². The van der Waals surface area contributed by atoms with E-state index in [0.717, 1.165) is 17.6 Å². The third-order valence-corrected chi connectivity index (χ3v) is 4.80. The van der Waals surface area contributed by atoms with E-state index in [-0.39, 0.29) is 11.6 Å². The Hall–Kier alpha value is -1.05. The number of hydrogen-bond acceptors (Lipinski definition) is 3. The molecule has 1 aromatic rings. The summed E-state index contributed by atoms with van der Waals surface area (Å²) < 4.78 is 1.10. The van der Waals surface area contributed by atoms with Crippen LogP contribution in [-0.4, -0.2) is 36.6 Å². The summed E-state index contributed by atoms with van der Waals surface area (Å²) in [5, 5.41) is 9.11. The van der Waals surface area contributed by atoms with E-state index in [0.29, 0.717) is 6.42 Å². The Balaban J connectivity index is 2.37. The summed E-state index contributed by atoms with van der Waals surface area (Å²) in [5.74, 6) is 0. The molecule has 1 heterocycles. The van der Waals surface area contributed by atoms with Gasteiger partial charge in [-0.25, -0.2) is 0 Å². The Kier molecular flexibility index (Phi) is 4.41. The minimum Gasteiger partial charge on any atom is -0.364 e. The van der Waals surface area contributed by atoms with Crippen molar-refractivity contribution in [1.29, 1.82) is 5.26 Å². The van der Waals surface area contributed by atoms with Gasteiger partial charge >= 0.3 is 0 Å². The van der Waals surface area contributed by atoms with Crippen molar-refractivity contribution in [2.24, 2.45) is 0 Å². The highest BCUT2D eigenvalue weighted by Gasteiger charge is 2.37. The third-order valence-electron chi connectivity index (χ3n) is 4.31. The van der Waals surface area contributed by atoms with Crippen LogP contribution in [0, 0.1) is 18.3 Å². The molecule has 1 saturated heterocycles. The van der Waals surface area contributed by atoms with Crippen molar-refractivity contribution in [1.82, 2.24) is 4.90 Å². The average molecular weight is 336 g/mol. The molecule has 0 N–H and O–H groups in total. The molecule has 0 aliphatic carbocycles. The van der Waals surface area contributed by atoms with Crippen LogP contribution in [-0.2, 0) is 0 Å². The van der Waals surface area contributed by atoms with E-state index in [1.54, 1.807) is 0 Å². The van der Waals surface area contributed by atoms with Crippen LogP contribution < -0.4 is 4.90 Å². The van der Waals surface area contributed by atoms with E-state index in [4.69, 9.17) is 5.26 Å². The second-order valence-electron chi connectivity index (χ2n) is 6.27. The van der Waals surface area contributed by atoms with Crippen LogP contribution >= 0.6 is 15.9 Å². The fourth-order valence-corrected chi connectivity index (χ4v) is 3.31. The highest BCUT2D eigenvalue weighted by molar-refractivity contribution is 9.10. The fourth-order valence-electron chi connectivity index (χ4n) is 2.83. The first kappa shape index (κ1) is 15.3. The molecule has 1 unspecified atom stereocenters. The molecular weight excluding hydrogens is 314 g/mol. The van der Waals surface area contributed by atoms with Crippen LogP contribution in [0.1, 0.15) is 25.8 Å². The summed E-state index contributed by atoms with van der Waals surface area (Å²) in [4.78, 5) is 4.77. The molecule has 0 aromatic heterocycles. The summed E-state index contributed by atoms with van der Waals surface area (Å²) in [6.45, 7) is 8.52. The van der Waals surface area contributed by atoms with E-state index < -0.39 is 0 Å². The van der Waals surface area contributed by atoms with Gasteiger partial charge in [0.2, 0.25) is 0 Å². The van der Waals surface area contributed by atoms with E-state index in [1.165, 1.54) is 11.3 Å². The first-order valence-electron chi connectivity index (χ1n) is 6.96. The molecule has 1 fully saturated rings. The molecule has 0 bridgehead atoms. The van der Waals surface area contributed by atoms with Crippen molar-refractivity contribution >= 4 is 21.6 Å². The Morgan fingerprint density at radius 2 is 2.15 bits per heavy atom. The second-order valence-corrected chi connectivity index (χ2v) is 7.18. The van der Waals surface area contributed by atoms with Gasteiger partial charge in [-0.05, 0) is 51.6 Å². The number of hydrogen-bond donors (Lipinski definition) is 0. The first-order valence-corrected chi connectivity index (χ1v) is 7.75. The number of anilines is 1. The number of nitrogens with zero attached hydrogens (tertiary/aromatic N) is 3. The van der Waals surface area contributed by atoms with Crippen molar-refractivity contribution < 1.29 is 0 Å². The van der Waals surface area contributed by atoms with Gasteiger partial charge in [0.1, 0.15) is 0 Å². The molecule has 3 nitrogen and oxygen atoms in total. The standard InChI is InChI=1S/C16H22BrN3/c1-12-9-13(17)5-6-15(12)20-11-16(2,3)19(4)10-14(20)7-8-18/h5-6,9,14H,7,10-11H2,1-4H3. The van der Waals surface area contributed by atoms with Gasteiger partial charge in [-0.3, -0.25) is 4.90 Å². The molecule has 1 aromatic carbocycles. The molecule has 108 valence electrons. The average Bonchev–Trinajstić information content (AvgIpc) is 2.34. The minimum atomic E-state index is 0.117. The zero-order valence-corrected chi connectivity index (χ0v) is 14.2. The number of benzene rings is 1. The van der Waals surface area contributed by atoms with Crippen molar-refractivity contribution in [3.8, 4) is 6.07 Å². The summed E-state index contributed by atoms with van der Waals surface area (Å²) in [6.07, 6.45) is 0.565. The number of aryl methyl sites for hydroxylation is 1. The summed E-state index contributed by atoms with van der Waals surface area (Å²) in [6, 6.07) is 8.98. The summed E-state index contributed by atoms with van der Waals surface area (Å²) in [5.41, 5.74) is 2.61. The Morgan fingerprint density at radius 1 is 1.45 bits per heavy atom. The van der Waals surface area contributed by atoms with E-state index in [1.807, 2.05) is 0 Å². The Morgan fingerprint density at radius 3 is 2.75 bits per heavy atom. The predicted molar refractivity (Wildman–Crippen MR) is 87.0 cm³/mol. The van der Waals surface area contributed by atoms with E-state index in [2.05, 4.69) is 77.8 Å². The van der Waals surface area contributed by atoms with Gasteiger partial charge in [-0.1, -0.05) is 15.9 Å². The molecule has 0 spiro atoms. The fraction of sp³-hybridized carbons (Fsp3) is 0.562. The van der Waals surface area contributed by atoms with E-state index in [9.17, 15) is 0 Å². The lowest BCUT2D eigenvalue weighted by molar-refractivity contribution is 0.115. The third kappa shape index (κ3) is 2.99. The molecule has 4 heteroatoms. The molecular formula is C16H22BrN3. The monoisotopic (exact) mass is 335 g/mol. The maximum absolute atomic E-state index is 9.11. The number of nitriles is 1. The van der Waals surface area contributed by atoms with Gasteiger partial charge in [0.15, 0.2) is 0 Å². The Bertz CT molecular complexity index is 533. The molecule has 1 atom stereocenters. The number of piperazine rings is 1. The number of halogens is 1. The van der Waals surface area contributed by atoms with E-state index >= 15 is 0 Å². The van der Waals surface area contributed by atoms with Gasteiger partial charge in [0, 0.05) is 28.8 Å². The lowest BCUT2D eigenvalue weighted by Gasteiger charge is -2.50. The van der Waals surface area contributed by atoms with Crippen molar-refractivity contribution in [2.75, 3.05) is 25.0 Å². The van der Waals surface area contributed by atoms with Crippen molar-refractivity contribution in [3.63, 3.8) is 0 Å². The largest absolute Gasteiger partial charge is 0.364 e. The highest BCUT2D eigenvalue weighted by atomic mass is 79.9. The predicted octanol–water partition coefficient (Wildman–Crippen LogP) is 3.57. The number of likely N-dealkylation sites (N-methyl/N-ethyl adjacent to an activating group) is 1. The van der Waals surface area contributed by atoms with Crippen molar-refractivity contribution in [2.45, 2.75) is 38.8 Å². The topological polar surface area (TPSA) is 30.3 Å². The molecule has 20 heavy (non-hydrogen) atoms. The second kappa shape index (κ2) is 5.75. The van der Waals surface area contributed by atoms with Crippen molar-refractivity contribution in [3.05, 3.63) is 28.2 Å². The minimum absolute atomic E-state index is 0.117. The molecule has 2 rings (SSSR count). The van der Waals surface area contributed by atoms with Gasteiger partial charge in [0.05, 0.1) is 18.5 Å². The number of rotatable bonds is 2. The van der Waals surface area contributed by atoms with Crippen LogP contribution in [0.4, 0.5) is 5.69 Å². The maximum atomic E-state index is 9.11. The summed E-state index contributed by atoms with van der Waals surface area (Å²) in [7, 11) is 2.15. The van der Waals surface area contributed by atoms with Gasteiger partial charge < -0.3 is 4.90 Å². The zero-order chi connectivity index (χ0) is 14.9. The van der Waals surface area contributed by atoms with Crippen LogP contribution in [0.25, 0.3) is 0 Å². The summed E-state index contributed by atoms with van der Waals surface area (Å²) >= 11 is 3.52. The molecule has 0 radical (unpaired) electrons. The lowest BCUT2D eigenvalue weighted by atomic mass is 9.94. The van der Waals surface area contributed by atoms with Crippen LogP contribution in [0.3, 0.4) is 0 Å². The van der Waals surface area contributed by atoms with Gasteiger partial charge in [-0.15, -0.1) is 0 Å². The van der Waals surface area contributed by atoms with Gasteiger partial charge in [-0.2, -0.15) is 5.26 Å².